The zero-order chi connectivity index (χ0) is 12.8. The van der Waals surface area contributed by atoms with E-state index < -0.39 is 6.04 Å². The zero-order valence-corrected chi connectivity index (χ0v) is 10.1. The number of benzene rings is 1. The maximum Gasteiger partial charge on any atom is 0.327 e. The Hall–Kier alpha value is -2.14. The summed E-state index contributed by atoms with van der Waals surface area (Å²) in [6.07, 6.45) is 3.42. The molecule has 1 atom stereocenters. The van der Waals surface area contributed by atoms with Crippen molar-refractivity contribution in [2.75, 3.05) is 7.11 Å². The van der Waals surface area contributed by atoms with E-state index in [-0.39, 0.29) is 5.97 Å². The summed E-state index contributed by atoms with van der Waals surface area (Å²) in [5, 5.41) is 3.12. The van der Waals surface area contributed by atoms with Gasteiger partial charge in [0.1, 0.15) is 11.9 Å². The number of carbonyl (C=O) groups is 1. The predicted molar refractivity (Wildman–Crippen MR) is 66.6 cm³/mol. The number of ether oxygens (including phenoxy) is 1. The number of aromatic amines is 1. The number of aromatic nitrogens is 2. The van der Waals surface area contributed by atoms with Crippen molar-refractivity contribution in [2.24, 2.45) is 0 Å². The average molecular weight is 245 g/mol. The first kappa shape index (κ1) is 12.3. The van der Waals surface area contributed by atoms with E-state index in [1.54, 1.807) is 12.4 Å². The van der Waals surface area contributed by atoms with Crippen molar-refractivity contribution in [1.29, 1.82) is 0 Å². The maximum absolute atomic E-state index is 11.8. The zero-order valence-electron chi connectivity index (χ0n) is 10.1. The summed E-state index contributed by atoms with van der Waals surface area (Å²) in [6.45, 7) is 0.474. The van der Waals surface area contributed by atoms with Crippen LogP contribution in [0.2, 0.25) is 0 Å². The van der Waals surface area contributed by atoms with Crippen molar-refractivity contribution in [3.05, 3.63) is 54.1 Å². The van der Waals surface area contributed by atoms with E-state index in [0.29, 0.717) is 6.54 Å². The Morgan fingerprint density at radius 3 is 2.83 bits per heavy atom. The van der Waals surface area contributed by atoms with E-state index >= 15 is 0 Å². The van der Waals surface area contributed by atoms with Gasteiger partial charge in [-0.25, -0.2) is 9.78 Å². The highest BCUT2D eigenvalue weighted by atomic mass is 16.5. The topological polar surface area (TPSA) is 67.0 Å². The van der Waals surface area contributed by atoms with Gasteiger partial charge in [0.15, 0.2) is 0 Å². The van der Waals surface area contributed by atoms with Crippen molar-refractivity contribution in [1.82, 2.24) is 15.3 Å². The van der Waals surface area contributed by atoms with Crippen LogP contribution in [0, 0.1) is 0 Å². The Morgan fingerprint density at radius 2 is 2.22 bits per heavy atom. The lowest BCUT2D eigenvalue weighted by molar-refractivity contribution is -0.143. The number of carbonyl (C=O) groups excluding carboxylic acids is 1. The molecule has 0 aliphatic carbocycles. The highest BCUT2D eigenvalue weighted by Crippen LogP contribution is 2.14. The molecule has 0 saturated carbocycles. The molecule has 1 heterocycles. The number of esters is 1. The smallest absolute Gasteiger partial charge is 0.327 e. The molecule has 0 fully saturated rings. The Kier molecular flexibility index (Phi) is 4.09. The molecule has 94 valence electrons. The monoisotopic (exact) mass is 245 g/mol. The molecule has 18 heavy (non-hydrogen) atoms. The SMILES string of the molecule is COC(=O)C(NCc1ncc[nH]1)c1ccccc1. The lowest BCUT2D eigenvalue weighted by atomic mass is 10.1. The summed E-state index contributed by atoms with van der Waals surface area (Å²) >= 11 is 0. The van der Waals surface area contributed by atoms with E-state index in [1.165, 1.54) is 7.11 Å². The van der Waals surface area contributed by atoms with E-state index in [0.717, 1.165) is 11.4 Å². The molecule has 1 unspecified atom stereocenters. The van der Waals surface area contributed by atoms with Crippen molar-refractivity contribution < 1.29 is 9.53 Å². The lowest BCUT2D eigenvalue weighted by Gasteiger charge is -2.16. The van der Waals surface area contributed by atoms with Crippen LogP contribution in [0.3, 0.4) is 0 Å². The first-order chi connectivity index (χ1) is 8.81. The fourth-order valence-electron chi connectivity index (χ4n) is 1.69. The molecule has 5 nitrogen and oxygen atoms in total. The normalized spacial score (nSPS) is 12.1. The van der Waals surface area contributed by atoms with Gasteiger partial charge in [-0.05, 0) is 5.56 Å². The summed E-state index contributed by atoms with van der Waals surface area (Å²) in [5.74, 6) is 0.465. The minimum Gasteiger partial charge on any atom is -0.468 e. The molecule has 1 aromatic heterocycles. The Balaban J connectivity index is 2.09. The van der Waals surface area contributed by atoms with Crippen molar-refractivity contribution >= 4 is 5.97 Å². The first-order valence-electron chi connectivity index (χ1n) is 5.65. The summed E-state index contributed by atoms with van der Waals surface area (Å²) in [5.41, 5.74) is 0.871. The second-order valence-electron chi connectivity index (χ2n) is 3.78. The van der Waals surface area contributed by atoms with Gasteiger partial charge in [-0.15, -0.1) is 0 Å². The third kappa shape index (κ3) is 2.95. The minimum atomic E-state index is -0.485. The standard InChI is InChI=1S/C13H15N3O2/c1-18-13(17)12(10-5-3-2-4-6-10)16-9-11-14-7-8-15-11/h2-8,12,16H,9H2,1H3,(H,14,15). The second kappa shape index (κ2) is 5.97. The predicted octanol–water partition coefficient (Wildman–Crippen LogP) is 1.41. The van der Waals surface area contributed by atoms with Crippen LogP contribution in [0.5, 0.6) is 0 Å². The van der Waals surface area contributed by atoms with Crippen LogP contribution in [-0.2, 0) is 16.1 Å². The van der Waals surface area contributed by atoms with Gasteiger partial charge < -0.3 is 9.72 Å². The van der Waals surface area contributed by atoms with Gasteiger partial charge >= 0.3 is 5.97 Å². The van der Waals surface area contributed by atoms with Crippen molar-refractivity contribution in [3.8, 4) is 0 Å². The molecule has 0 aliphatic rings. The largest absolute Gasteiger partial charge is 0.468 e. The summed E-state index contributed by atoms with van der Waals surface area (Å²) < 4.78 is 4.80. The number of methoxy groups -OCH3 is 1. The average Bonchev–Trinajstić information content (AvgIpc) is 2.93. The van der Waals surface area contributed by atoms with E-state index in [4.69, 9.17) is 4.74 Å². The molecule has 0 saturated heterocycles. The molecule has 2 N–H and O–H groups in total. The van der Waals surface area contributed by atoms with Crippen LogP contribution in [-0.4, -0.2) is 23.0 Å². The Morgan fingerprint density at radius 1 is 1.44 bits per heavy atom. The molecule has 0 radical (unpaired) electrons. The number of nitrogens with zero attached hydrogens (tertiary/aromatic N) is 1. The number of H-pyrrole nitrogens is 1. The van der Waals surface area contributed by atoms with E-state index in [2.05, 4.69) is 15.3 Å². The van der Waals surface area contributed by atoms with Crippen LogP contribution in [0.1, 0.15) is 17.4 Å². The maximum atomic E-state index is 11.8. The van der Waals surface area contributed by atoms with Crippen LogP contribution in [0.25, 0.3) is 0 Å². The van der Waals surface area contributed by atoms with Gasteiger partial charge in [0, 0.05) is 12.4 Å². The number of imidazole rings is 1. The Bertz CT molecular complexity index is 482. The van der Waals surface area contributed by atoms with Crippen molar-refractivity contribution in [2.45, 2.75) is 12.6 Å². The van der Waals surface area contributed by atoms with Crippen LogP contribution >= 0.6 is 0 Å². The molecule has 1 aromatic carbocycles. The highest BCUT2D eigenvalue weighted by molar-refractivity contribution is 5.77. The molecular weight excluding hydrogens is 230 g/mol. The van der Waals surface area contributed by atoms with Crippen LogP contribution < -0.4 is 5.32 Å². The van der Waals surface area contributed by atoms with Gasteiger partial charge in [-0.2, -0.15) is 0 Å². The minimum absolute atomic E-state index is 0.312. The highest BCUT2D eigenvalue weighted by Gasteiger charge is 2.20. The molecule has 2 rings (SSSR count). The molecule has 0 spiro atoms. The molecule has 2 aromatic rings. The molecular formula is C13H15N3O2. The third-order valence-corrected chi connectivity index (χ3v) is 2.60. The first-order valence-corrected chi connectivity index (χ1v) is 5.65. The quantitative estimate of drug-likeness (QED) is 0.782. The summed E-state index contributed by atoms with van der Waals surface area (Å²) in [7, 11) is 1.38. The van der Waals surface area contributed by atoms with Gasteiger partial charge in [0.2, 0.25) is 0 Å². The second-order valence-corrected chi connectivity index (χ2v) is 3.78. The third-order valence-electron chi connectivity index (χ3n) is 2.60. The number of rotatable bonds is 5. The van der Waals surface area contributed by atoms with Gasteiger partial charge in [-0.3, -0.25) is 5.32 Å². The fraction of sp³-hybridized carbons (Fsp3) is 0.231. The molecule has 0 aliphatic heterocycles. The number of nitrogens with one attached hydrogen (secondary N) is 2. The van der Waals surface area contributed by atoms with Crippen LogP contribution in [0.15, 0.2) is 42.7 Å². The molecule has 0 bridgehead atoms. The van der Waals surface area contributed by atoms with E-state index in [1.807, 2.05) is 30.3 Å². The number of hydrogen-bond acceptors (Lipinski definition) is 4. The summed E-state index contributed by atoms with van der Waals surface area (Å²) in [6, 6.07) is 8.97. The van der Waals surface area contributed by atoms with E-state index in [9.17, 15) is 4.79 Å². The van der Waals surface area contributed by atoms with Crippen LogP contribution in [0.4, 0.5) is 0 Å². The lowest BCUT2D eigenvalue weighted by Crippen LogP contribution is -2.29. The number of hydrogen-bond donors (Lipinski definition) is 2. The van der Waals surface area contributed by atoms with Gasteiger partial charge in [0.25, 0.3) is 0 Å². The molecule has 5 heteroatoms. The fourth-order valence-corrected chi connectivity index (χ4v) is 1.69. The van der Waals surface area contributed by atoms with Gasteiger partial charge in [-0.1, -0.05) is 30.3 Å². The van der Waals surface area contributed by atoms with Crippen molar-refractivity contribution in [3.63, 3.8) is 0 Å². The van der Waals surface area contributed by atoms with Gasteiger partial charge in [0.05, 0.1) is 13.7 Å². The summed E-state index contributed by atoms with van der Waals surface area (Å²) in [4.78, 5) is 18.8. The Labute approximate surface area is 105 Å². The molecule has 0 amide bonds.